The quantitative estimate of drug-likeness (QED) is 0.831. The van der Waals surface area contributed by atoms with E-state index < -0.39 is 5.97 Å². The minimum absolute atomic E-state index is 0.0884. The molecule has 2 aromatic rings. The van der Waals surface area contributed by atoms with E-state index in [1.807, 2.05) is 30.3 Å². The smallest absolute Gasteiger partial charge is 0.350 e. The van der Waals surface area contributed by atoms with E-state index in [4.69, 9.17) is 0 Å². The monoisotopic (exact) mass is 303 g/mol. The van der Waals surface area contributed by atoms with Crippen LogP contribution >= 0.6 is 11.3 Å². The standard InChI is InChI=1S/C16H17NO3S/c1-20-16(19)15-13(10-11-21-15)17-14(18)9-5-8-12-6-3-2-4-7-12/h2-4,6-7,10-11H,5,8-9H2,1H3,(H,17,18). The van der Waals surface area contributed by atoms with Gasteiger partial charge in [0.15, 0.2) is 0 Å². The number of methoxy groups -OCH3 is 1. The number of carbonyl (C=O) groups excluding carboxylic acids is 2. The summed E-state index contributed by atoms with van der Waals surface area (Å²) in [6.45, 7) is 0. The Morgan fingerprint density at radius 2 is 1.95 bits per heavy atom. The van der Waals surface area contributed by atoms with Crippen molar-refractivity contribution < 1.29 is 14.3 Å². The number of rotatable bonds is 6. The third-order valence-electron chi connectivity index (χ3n) is 3.02. The Morgan fingerprint density at radius 1 is 1.19 bits per heavy atom. The van der Waals surface area contributed by atoms with Gasteiger partial charge >= 0.3 is 5.97 Å². The van der Waals surface area contributed by atoms with Gasteiger partial charge in [0.1, 0.15) is 4.88 Å². The first kappa shape index (κ1) is 15.3. The van der Waals surface area contributed by atoms with Crippen LogP contribution in [-0.4, -0.2) is 19.0 Å². The number of hydrogen-bond donors (Lipinski definition) is 1. The Bertz CT molecular complexity index is 607. The summed E-state index contributed by atoms with van der Waals surface area (Å²) < 4.78 is 4.68. The summed E-state index contributed by atoms with van der Waals surface area (Å²) in [5, 5.41) is 4.52. The third kappa shape index (κ3) is 4.43. The molecule has 5 heteroatoms. The Kier molecular flexibility index (Phi) is 5.51. The molecule has 0 atom stereocenters. The maximum absolute atomic E-state index is 11.9. The number of aryl methyl sites for hydroxylation is 1. The molecule has 0 aliphatic carbocycles. The Balaban J connectivity index is 1.82. The Hall–Kier alpha value is -2.14. The van der Waals surface area contributed by atoms with Gasteiger partial charge in [-0.1, -0.05) is 30.3 Å². The SMILES string of the molecule is COC(=O)c1sccc1NC(=O)CCCc1ccccc1. The molecule has 21 heavy (non-hydrogen) atoms. The molecule has 110 valence electrons. The first-order valence-corrected chi connectivity index (χ1v) is 7.58. The van der Waals surface area contributed by atoms with Crippen LogP contribution < -0.4 is 5.32 Å². The summed E-state index contributed by atoms with van der Waals surface area (Å²) >= 11 is 1.26. The highest BCUT2D eigenvalue weighted by molar-refractivity contribution is 7.12. The normalized spacial score (nSPS) is 10.1. The van der Waals surface area contributed by atoms with Crippen molar-refractivity contribution in [2.24, 2.45) is 0 Å². The van der Waals surface area contributed by atoms with Gasteiger partial charge in [-0.2, -0.15) is 0 Å². The molecule has 2 rings (SSSR count). The fraction of sp³-hybridized carbons (Fsp3) is 0.250. The van der Waals surface area contributed by atoms with Crippen molar-refractivity contribution in [3.05, 3.63) is 52.2 Å². The van der Waals surface area contributed by atoms with Gasteiger partial charge in [0.05, 0.1) is 12.8 Å². The second kappa shape index (κ2) is 7.59. The van der Waals surface area contributed by atoms with Crippen LogP contribution in [0.2, 0.25) is 0 Å². The van der Waals surface area contributed by atoms with E-state index in [-0.39, 0.29) is 5.91 Å². The number of amides is 1. The van der Waals surface area contributed by atoms with Gasteiger partial charge in [-0.05, 0) is 29.9 Å². The molecule has 0 aliphatic rings. The minimum atomic E-state index is -0.426. The lowest BCUT2D eigenvalue weighted by Gasteiger charge is -2.05. The summed E-state index contributed by atoms with van der Waals surface area (Å²) in [5.74, 6) is -0.515. The third-order valence-corrected chi connectivity index (χ3v) is 3.92. The van der Waals surface area contributed by atoms with Gasteiger partial charge < -0.3 is 10.1 Å². The topological polar surface area (TPSA) is 55.4 Å². The lowest BCUT2D eigenvalue weighted by atomic mass is 10.1. The zero-order valence-electron chi connectivity index (χ0n) is 11.8. The highest BCUT2D eigenvalue weighted by atomic mass is 32.1. The molecular formula is C16H17NO3S. The molecule has 0 saturated carbocycles. The fourth-order valence-electron chi connectivity index (χ4n) is 1.97. The number of esters is 1. The average molecular weight is 303 g/mol. The number of carbonyl (C=O) groups is 2. The van der Waals surface area contributed by atoms with Crippen molar-refractivity contribution in [1.82, 2.24) is 0 Å². The van der Waals surface area contributed by atoms with Gasteiger partial charge in [-0.25, -0.2) is 4.79 Å². The van der Waals surface area contributed by atoms with Gasteiger partial charge in [-0.15, -0.1) is 11.3 Å². The highest BCUT2D eigenvalue weighted by Crippen LogP contribution is 2.23. The zero-order valence-corrected chi connectivity index (χ0v) is 12.6. The van der Waals surface area contributed by atoms with Crippen molar-refractivity contribution in [1.29, 1.82) is 0 Å². The van der Waals surface area contributed by atoms with Crippen molar-refractivity contribution in [2.45, 2.75) is 19.3 Å². The molecule has 0 radical (unpaired) electrons. The van der Waals surface area contributed by atoms with Crippen molar-refractivity contribution >= 4 is 28.9 Å². The molecule has 1 heterocycles. The van der Waals surface area contributed by atoms with Crippen molar-refractivity contribution in [3.63, 3.8) is 0 Å². The predicted molar refractivity (Wildman–Crippen MR) is 83.7 cm³/mol. The van der Waals surface area contributed by atoms with Crippen LogP contribution in [0.4, 0.5) is 5.69 Å². The zero-order chi connectivity index (χ0) is 15.1. The summed E-state index contributed by atoms with van der Waals surface area (Å²) in [4.78, 5) is 23.8. The molecule has 4 nitrogen and oxygen atoms in total. The summed E-state index contributed by atoms with van der Waals surface area (Å²) in [6, 6.07) is 11.8. The Morgan fingerprint density at radius 3 is 2.67 bits per heavy atom. The van der Waals surface area contributed by atoms with Crippen LogP contribution in [0, 0.1) is 0 Å². The minimum Gasteiger partial charge on any atom is -0.465 e. The van der Waals surface area contributed by atoms with E-state index in [0.29, 0.717) is 17.0 Å². The van der Waals surface area contributed by atoms with E-state index in [0.717, 1.165) is 12.8 Å². The maximum Gasteiger partial charge on any atom is 0.350 e. The van der Waals surface area contributed by atoms with E-state index in [1.165, 1.54) is 24.0 Å². The van der Waals surface area contributed by atoms with E-state index in [1.54, 1.807) is 11.4 Å². The number of benzene rings is 1. The van der Waals surface area contributed by atoms with Gasteiger partial charge in [0, 0.05) is 6.42 Å². The van der Waals surface area contributed by atoms with Gasteiger partial charge in [0.2, 0.25) is 5.91 Å². The number of thiophene rings is 1. The second-order valence-electron chi connectivity index (χ2n) is 4.54. The predicted octanol–water partition coefficient (Wildman–Crippen LogP) is 3.50. The van der Waals surface area contributed by atoms with Gasteiger partial charge in [0.25, 0.3) is 0 Å². The molecule has 0 saturated heterocycles. The van der Waals surface area contributed by atoms with Crippen LogP contribution in [0.25, 0.3) is 0 Å². The van der Waals surface area contributed by atoms with Crippen LogP contribution in [0.5, 0.6) is 0 Å². The molecule has 1 amide bonds. The molecule has 1 N–H and O–H groups in total. The molecule has 0 bridgehead atoms. The van der Waals surface area contributed by atoms with Crippen LogP contribution in [-0.2, 0) is 16.0 Å². The van der Waals surface area contributed by atoms with Crippen LogP contribution in [0.15, 0.2) is 41.8 Å². The average Bonchev–Trinajstić information content (AvgIpc) is 2.95. The summed E-state index contributed by atoms with van der Waals surface area (Å²) in [5.41, 5.74) is 1.74. The lowest BCUT2D eigenvalue weighted by molar-refractivity contribution is -0.116. The number of ether oxygens (including phenoxy) is 1. The first-order chi connectivity index (χ1) is 10.2. The second-order valence-corrected chi connectivity index (χ2v) is 5.46. The van der Waals surface area contributed by atoms with Crippen molar-refractivity contribution in [2.75, 3.05) is 12.4 Å². The molecule has 0 fully saturated rings. The first-order valence-electron chi connectivity index (χ1n) is 6.70. The van der Waals surface area contributed by atoms with Crippen LogP contribution in [0.3, 0.4) is 0 Å². The molecular weight excluding hydrogens is 286 g/mol. The maximum atomic E-state index is 11.9. The molecule has 1 aromatic carbocycles. The lowest BCUT2D eigenvalue weighted by Crippen LogP contribution is -2.13. The number of nitrogens with one attached hydrogen (secondary N) is 1. The van der Waals surface area contributed by atoms with E-state index in [9.17, 15) is 9.59 Å². The summed E-state index contributed by atoms with van der Waals surface area (Å²) in [6.07, 6.45) is 2.06. The Labute approximate surface area is 127 Å². The van der Waals surface area contributed by atoms with Crippen LogP contribution in [0.1, 0.15) is 28.1 Å². The molecule has 1 aromatic heterocycles. The highest BCUT2D eigenvalue weighted by Gasteiger charge is 2.15. The largest absolute Gasteiger partial charge is 0.465 e. The van der Waals surface area contributed by atoms with E-state index in [2.05, 4.69) is 10.1 Å². The van der Waals surface area contributed by atoms with Gasteiger partial charge in [-0.3, -0.25) is 4.79 Å². The van der Waals surface area contributed by atoms with Crippen molar-refractivity contribution in [3.8, 4) is 0 Å². The fourth-order valence-corrected chi connectivity index (χ4v) is 2.73. The molecule has 0 aliphatic heterocycles. The molecule has 0 spiro atoms. The number of anilines is 1. The summed E-state index contributed by atoms with van der Waals surface area (Å²) in [7, 11) is 1.33. The van der Waals surface area contributed by atoms with E-state index >= 15 is 0 Å². The molecule has 0 unspecified atom stereocenters. The number of hydrogen-bond acceptors (Lipinski definition) is 4.